The molecule has 2 heterocycles. The molecule has 136 valence electrons. The molecule has 7 nitrogen and oxygen atoms in total. The highest BCUT2D eigenvalue weighted by molar-refractivity contribution is 8.26. The van der Waals surface area contributed by atoms with E-state index in [2.05, 4.69) is 5.43 Å². The van der Waals surface area contributed by atoms with Gasteiger partial charge >= 0.3 is 0 Å². The molecule has 0 aromatic heterocycles. The van der Waals surface area contributed by atoms with E-state index in [4.69, 9.17) is 21.7 Å². The summed E-state index contributed by atoms with van der Waals surface area (Å²) in [4.78, 5) is 25.3. The third-order valence-corrected chi connectivity index (χ3v) is 5.13. The van der Waals surface area contributed by atoms with Gasteiger partial charge in [0, 0.05) is 5.56 Å². The van der Waals surface area contributed by atoms with Gasteiger partial charge in [-0.15, -0.1) is 0 Å². The SMILES string of the molecule is O=C(NN1C(=O)C(=Cc2ccc3c(c2)OCO3)SC1=S)c1ccc(O)cc1. The number of ether oxygens (including phenoxy) is 2. The largest absolute Gasteiger partial charge is 0.508 e. The number of phenols is 1. The standard InChI is InChI=1S/C18H12N2O5S2/c21-12-4-2-11(3-5-12)16(22)19-20-17(23)15(27-18(20)26)8-10-1-6-13-14(7-10)25-9-24-13/h1-8,21H,9H2,(H,19,22). The van der Waals surface area contributed by atoms with Gasteiger partial charge in [-0.3, -0.25) is 15.0 Å². The summed E-state index contributed by atoms with van der Waals surface area (Å²) < 4.78 is 10.8. The van der Waals surface area contributed by atoms with Crippen molar-refractivity contribution in [3.05, 3.63) is 58.5 Å². The van der Waals surface area contributed by atoms with Gasteiger partial charge < -0.3 is 14.6 Å². The fraction of sp³-hybridized carbons (Fsp3) is 0.0556. The van der Waals surface area contributed by atoms with Crippen LogP contribution in [0.4, 0.5) is 0 Å². The second kappa shape index (κ2) is 6.93. The molecule has 2 N–H and O–H groups in total. The number of aromatic hydroxyl groups is 1. The lowest BCUT2D eigenvalue weighted by atomic mass is 10.2. The number of amides is 2. The van der Waals surface area contributed by atoms with Gasteiger partial charge in [0.05, 0.1) is 4.91 Å². The Bertz CT molecular complexity index is 988. The van der Waals surface area contributed by atoms with Crippen LogP contribution in [0.5, 0.6) is 17.2 Å². The number of nitrogens with one attached hydrogen (secondary N) is 1. The molecule has 2 aromatic carbocycles. The Morgan fingerprint density at radius 3 is 2.70 bits per heavy atom. The molecule has 0 bridgehead atoms. The average Bonchev–Trinajstić information content (AvgIpc) is 3.22. The number of hydrazine groups is 1. The predicted octanol–water partition coefficient (Wildman–Crippen LogP) is 2.67. The maximum Gasteiger partial charge on any atom is 0.285 e. The van der Waals surface area contributed by atoms with Crippen LogP contribution in [0.25, 0.3) is 6.08 Å². The number of benzene rings is 2. The molecule has 2 aliphatic heterocycles. The lowest BCUT2D eigenvalue weighted by Crippen LogP contribution is -2.44. The minimum atomic E-state index is -0.504. The van der Waals surface area contributed by atoms with E-state index in [-0.39, 0.29) is 16.9 Å². The van der Waals surface area contributed by atoms with Gasteiger partial charge in [0.25, 0.3) is 11.8 Å². The van der Waals surface area contributed by atoms with E-state index in [1.165, 1.54) is 24.3 Å². The third-order valence-electron chi connectivity index (χ3n) is 3.83. The maximum atomic E-state index is 12.6. The molecule has 4 rings (SSSR count). The van der Waals surface area contributed by atoms with Crippen LogP contribution in [0.3, 0.4) is 0 Å². The molecule has 1 fully saturated rings. The molecule has 9 heteroatoms. The Balaban J connectivity index is 1.51. The van der Waals surface area contributed by atoms with Crippen molar-refractivity contribution in [2.45, 2.75) is 0 Å². The zero-order valence-corrected chi connectivity index (χ0v) is 15.3. The minimum absolute atomic E-state index is 0.0452. The third kappa shape index (κ3) is 3.46. The number of thiocarbonyl (C=S) groups is 1. The number of thioether (sulfide) groups is 1. The van der Waals surface area contributed by atoms with Crippen molar-refractivity contribution in [2.75, 3.05) is 6.79 Å². The van der Waals surface area contributed by atoms with E-state index >= 15 is 0 Å². The molecule has 0 aliphatic carbocycles. The molecule has 2 amide bonds. The van der Waals surface area contributed by atoms with Crippen LogP contribution in [0.1, 0.15) is 15.9 Å². The van der Waals surface area contributed by atoms with Crippen molar-refractivity contribution in [3.63, 3.8) is 0 Å². The summed E-state index contributed by atoms with van der Waals surface area (Å²) in [5, 5.41) is 10.3. The second-order valence-electron chi connectivity index (χ2n) is 5.62. The van der Waals surface area contributed by atoms with Crippen LogP contribution in [0, 0.1) is 0 Å². The molecule has 2 aromatic rings. The van der Waals surface area contributed by atoms with Crippen LogP contribution >= 0.6 is 24.0 Å². The zero-order chi connectivity index (χ0) is 19.0. The summed E-state index contributed by atoms with van der Waals surface area (Å²) in [7, 11) is 0. The van der Waals surface area contributed by atoms with Crippen LogP contribution in [0.15, 0.2) is 47.4 Å². The number of carbonyl (C=O) groups is 2. The lowest BCUT2D eigenvalue weighted by Gasteiger charge is -2.15. The van der Waals surface area contributed by atoms with Crippen molar-refractivity contribution in [1.82, 2.24) is 10.4 Å². The van der Waals surface area contributed by atoms with E-state index in [9.17, 15) is 14.7 Å². The molecule has 0 spiro atoms. The highest BCUT2D eigenvalue weighted by Crippen LogP contribution is 2.36. The summed E-state index contributed by atoms with van der Waals surface area (Å²) in [5.41, 5.74) is 3.53. The van der Waals surface area contributed by atoms with Crippen LogP contribution in [-0.4, -0.2) is 33.0 Å². The second-order valence-corrected chi connectivity index (χ2v) is 7.29. The fourth-order valence-corrected chi connectivity index (χ4v) is 3.68. The van der Waals surface area contributed by atoms with Crippen molar-refractivity contribution in [3.8, 4) is 17.2 Å². The quantitative estimate of drug-likeness (QED) is 0.605. The van der Waals surface area contributed by atoms with E-state index in [0.717, 1.165) is 22.3 Å². The number of hydrogen-bond acceptors (Lipinski definition) is 7. The van der Waals surface area contributed by atoms with Crippen molar-refractivity contribution < 1.29 is 24.2 Å². The first-order chi connectivity index (χ1) is 13.0. The Kier molecular flexibility index (Phi) is 4.46. The van der Waals surface area contributed by atoms with Crippen molar-refractivity contribution >= 4 is 46.2 Å². The molecule has 0 saturated carbocycles. The first-order valence-corrected chi connectivity index (χ1v) is 9.01. The Morgan fingerprint density at radius 1 is 1.19 bits per heavy atom. The molecule has 0 unspecified atom stereocenters. The highest BCUT2D eigenvalue weighted by atomic mass is 32.2. The smallest absolute Gasteiger partial charge is 0.285 e. The molecule has 2 aliphatic rings. The van der Waals surface area contributed by atoms with Gasteiger partial charge in [0.1, 0.15) is 5.75 Å². The predicted molar refractivity (Wildman–Crippen MR) is 103 cm³/mol. The number of phenolic OH excluding ortho intramolecular Hbond substituents is 1. The molecule has 0 atom stereocenters. The number of carbonyl (C=O) groups excluding carboxylic acids is 2. The first-order valence-electron chi connectivity index (χ1n) is 7.79. The van der Waals surface area contributed by atoms with Gasteiger partial charge in [-0.25, -0.2) is 0 Å². The van der Waals surface area contributed by atoms with Gasteiger partial charge in [0.15, 0.2) is 15.8 Å². The fourth-order valence-electron chi connectivity index (χ4n) is 2.50. The van der Waals surface area contributed by atoms with Crippen LogP contribution in [-0.2, 0) is 4.79 Å². The molecule has 1 saturated heterocycles. The number of fused-ring (bicyclic) bond motifs is 1. The van der Waals surface area contributed by atoms with E-state index in [0.29, 0.717) is 22.0 Å². The number of nitrogens with zero attached hydrogens (tertiary/aromatic N) is 1. The summed E-state index contributed by atoms with van der Waals surface area (Å²) in [6, 6.07) is 11.0. The van der Waals surface area contributed by atoms with Crippen LogP contribution < -0.4 is 14.9 Å². The number of rotatable bonds is 3. The minimum Gasteiger partial charge on any atom is -0.508 e. The summed E-state index contributed by atoms with van der Waals surface area (Å²) in [6.07, 6.45) is 1.67. The average molecular weight is 400 g/mol. The number of hydrogen-bond donors (Lipinski definition) is 2. The summed E-state index contributed by atoms with van der Waals surface area (Å²) in [6.45, 7) is 0.171. The Morgan fingerprint density at radius 2 is 1.93 bits per heavy atom. The van der Waals surface area contributed by atoms with Crippen molar-refractivity contribution in [1.29, 1.82) is 0 Å². The highest BCUT2D eigenvalue weighted by Gasteiger charge is 2.33. The zero-order valence-electron chi connectivity index (χ0n) is 13.7. The van der Waals surface area contributed by atoms with E-state index in [1.54, 1.807) is 24.3 Å². The monoisotopic (exact) mass is 400 g/mol. The Hall–Kier alpha value is -3.04. The van der Waals surface area contributed by atoms with Gasteiger partial charge in [0.2, 0.25) is 6.79 Å². The Labute approximate surface area is 163 Å². The summed E-state index contributed by atoms with van der Waals surface area (Å²) >= 11 is 6.30. The molecular formula is C18H12N2O5S2. The van der Waals surface area contributed by atoms with Gasteiger partial charge in [-0.05, 0) is 60.3 Å². The maximum absolute atomic E-state index is 12.6. The summed E-state index contributed by atoms with van der Waals surface area (Å²) in [5.74, 6) is 0.384. The lowest BCUT2D eigenvalue weighted by molar-refractivity contribution is -0.123. The molecular weight excluding hydrogens is 388 g/mol. The van der Waals surface area contributed by atoms with Crippen LogP contribution in [0.2, 0.25) is 0 Å². The van der Waals surface area contributed by atoms with E-state index in [1.807, 2.05) is 0 Å². The van der Waals surface area contributed by atoms with Crippen molar-refractivity contribution in [2.24, 2.45) is 0 Å². The normalized spacial score (nSPS) is 16.9. The topological polar surface area (TPSA) is 88.1 Å². The first kappa shape index (κ1) is 17.4. The van der Waals surface area contributed by atoms with Gasteiger partial charge in [-0.1, -0.05) is 17.8 Å². The van der Waals surface area contributed by atoms with Gasteiger partial charge in [-0.2, -0.15) is 5.01 Å². The molecule has 27 heavy (non-hydrogen) atoms. The van der Waals surface area contributed by atoms with E-state index < -0.39 is 11.8 Å². The molecule has 0 radical (unpaired) electrons.